The van der Waals surface area contributed by atoms with Gasteiger partial charge in [-0.15, -0.1) is 0 Å². The van der Waals surface area contributed by atoms with Crippen molar-refractivity contribution in [1.29, 1.82) is 0 Å². The molecular weight excluding hydrogens is 228 g/mol. The lowest BCUT2D eigenvalue weighted by Crippen LogP contribution is -2.04. The fourth-order valence-electron chi connectivity index (χ4n) is 1.38. The highest BCUT2D eigenvalue weighted by atomic mass is 32.2. The van der Waals surface area contributed by atoms with Crippen molar-refractivity contribution in [3.8, 4) is 0 Å². The van der Waals surface area contributed by atoms with Crippen molar-refractivity contribution < 1.29 is 17.7 Å². The first-order valence-corrected chi connectivity index (χ1v) is 6.34. The van der Waals surface area contributed by atoms with Crippen molar-refractivity contribution in [2.45, 2.75) is 12.5 Å². The summed E-state index contributed by atoms with van der Waals surface area (Å²) >= 11 is 0. The van der Waals surface area contributed by atoms with Crippen molar-refractivity contribution in [2.75, 3.05) is 6.61 Å². The van der Waals surface area contributed by atoms with Crippen molar-refractivity contribution in [3.05, 3.63) is 40.8 Å². The Balaban J connectivity index is 2.27. The maximum atomic E-state index is 11.1. The molecule has 1 fully saturated rings. The van der Waals surface area contributed by atoms with Gasteiger partial charge in [0.2, 0.25) is 0 Å². The molecule has 4 nitrogen and oxygen atoms in total. The van der Waals surface area contributed by atoms with Gasteiger partial charge in [-0.05, 0) is 11.6 Å². The summed E-state index contributed by atoms with van der Waals surface area (Å²) in [6.07, 6.45) is 1.63. The van der Waals surface area contributed by atoms with Crippen molar-refractivity contribution in [2.24, 2.45) is 0 Å². The molecule has 0 radical (unpaired) electrons. The lowest BCUT2D eigenvalue weighted by atomic mass is 10.2. The molecule has 1 aliphatic heterocycles. The van der Waals surface area contributed by atoms with Crippen LogP contribution in [0.2, 0.25) is 0 Å². The molecule has 1 aromatic rings. The number of hydrogen-bond donors (Lipinski definition) is 1. The number of hydrogen-bond acceptors (Lipinski definition) is 3. The summed E-state index contributed by atoms with van der Waals surface area (Å²) in [5.74, 6) is 0. The summed E-state index contributed by atoms with van der Waals surface area (Å²) in [6, 6.07) is 9.01. The monoisotopic (exact) mass is 240 g/mol. The molecule has 1 saturated heterocycles. The Morgan fingerprint density at radius 2 is 2.06 bits per heavy atom. The SMILES string of the molecule is O=S(=O)(O)C(=Cc1ccccc1)CC1CO1. The number of epoxide rings is 1. The van der Waals surface area contributed by atoms with Crippen LogP contribution in [0.3, 0.4) is 0 Å². The fraction of sp³-hybridized carbons (Fsp3) is 0.273. The second kappa shape index (κ2) is 4.37. The van der Waals surface area contributed by atoms with E-state index in [9.17, 15) is 8.42 Å². The van der Waals surface area contributed by atoms with E-state index in [4.69, 9.17) is 9.29 Å². The molecule has 16 heavy (non-hydrogen) atoms. The molecule has 1 unspecified atom stereocenters. The van der Waals surface area contributed by atoms with Gasteiger partial charge in [0.1, 0.15) is 0 Å². The zero-order chi connectivity index (χ0) is 11.6. The number of rotatable bonds is 4. The first kappa shape index (κ1) is 11.3. The first-order valence-electron chi connectivity index (χ1n) is 4.90. The van der Waals surface area contributed by atoms with Gasteiger partial charge >= 0.3 is 0 Å². The normalized spacial score (nSPS) is 20.8. The molecule has 5 heteroatoms. The highest BCUT2D eigenvalue weighted by molar-refractivity contribution is 7.90. The maximum absolute atomic E-state index is 11.1. The smallest absolute Gasteiger partial charge is 0.290 e. The summed E-state index contributed by atoms with van der Waals surface area (Å²) < 4.78 is 36.3. The minimum absolute atomic E-state index is 0.00111. The van der Waals surface area contributed by atoms with Crippen LogP contribution in [0.15, 0.2) is 35.2 Å². The molecule has 86 valence electrons. The molecule has 0 spiro atoms. The van der Waals surface area contributed by atoms with E-state index in [-0.39, 0.29) is 17.4 Å². The molecular formula is C11H12O4S. The lowest BCUT2D eigenvalue weighted by molar-refractivity contribution is 0.407. The van der Waals surface area contributed by atoms with E-state index in [0.29, 0.717) is 6.61 Å². The Labute approximate surface area is 94.3 Å². The number of benzene rings is 1. The average Bonchev–Trinajstić information content (AvgIpc) is 3.01. The van der Waals surface area contributed by atoms with Gasteiger partial charge in [0.15, 0.2) is 0 Å². The molecule has 1 atom stereocenters. The highest BCUT2D eigenvalue weighted by Gasteiger charge is 2.28. The summed E-state index contributed by atoms with van der Waals surface area (Å²) in [7, 11) is -4.14. The first-order chi connectivity index (χ1) is 7.55. The third-order valence-electron chi connectivity index (χ3n) is 2.29. The van der Waals surface area contributed by atoms with Gasteiger partial charge in [-0.2, -0.15) is 8.42 Å². The zero-order valence-corrected chi connectivity index (χ0v) is 9.35. The van der Waals surface area contributed by atoms with Crippen molar-refractivity contribution in [3.63, 3.8) is 0 Å². The molecule has 0 aliphatic carbocycles. The third kappa shape index (κ3) is 3.16. The molecule has 1 aliphatic rings. The second-order valence-corrected chi connectivity index (χ2v) is 5.13. The minimum atomic E-state index is -4.14. The summed E-state index contributed by atoms with van der Waals surface area (Å²) in [5, 5.41) is 0. The Hall–Kier alpha value is -1.17. The second-order valence-electron chi connectivity index (χ2n) is 3.66. The van der Waals surface area contributed by atoms with E-state index in [0.717, 1.165) is 5.56 Å². The van der Waals surface area contributed by atoms with Crippen LogP contribution < -0.4 is 0 Å². The minimum Gasteiger partial charge on any atom is -0.373 e. The average molecular weight is 240 g/mol. The Bertz CT molecular complexity index is 486. The molecule has 1 aromatic carbocycles. The quantitative estimate of drug-likeness (QED) is 0.642. The topological polar surface area (TPSA) is 66.9 Å². The van der Waals surface area contributed by atoms with E-state index in [2.05, 4.69) is 0 Å². The van der Waals surface area contributed by atoms with Crippen LogP contribution in [0.25, 0.3) is 6.08 Å². The van der Waals surface area contributed by atoms with Crippen LogP contribution in [0, 0.1) is 0 Å². The van der Waals surface area contributed by atoms with Gasteiger partial charge in [-0.3, -0.25) is 4.55 Å². The Kier molecular flexibility index (Phi) is 3.09. The Morgan fingerprint density at radius 1 is 1.44 bits per heavy atom. The molecule has 1 N–H and O–H groups in total. The molecule has 0 amide bonds. The van der Waals surface area contributed by atoms with E-state index in [1.54, 1.807) is 24.3 Å². The van der Waals surface area contributed by atoms with E-state index >= 15 is 0 Å². The highest BCUT2D eigenvalue weighted by Crippen LogP contribution is 2.24. The maximum Gasteiger partial charge on any atom is 0.290 e. The van der Waals surface area contributed by atoms with Crippen LogP contribution in [-0.2, 0) is 14.9 Å². The van der Waals surface area contributed by atoms with Crippen LogP contribution in [-0.4, -0.2) is 25.7 Å². The predicted octanol–water partition coefficient (Wildman–Crippen LogP) is 1.70. The lowest BCUT2D eigenvalue weighted by Gasteiger charge is -2.01. The molecule has 2 rings (SSSR count). The van der Waals surface area contributed by atoms with Gasteiger partial charge in [0, 0.05) is 6.42 Å². The van der Waals surface area contributed by atoms with Gasteiger partial charge in [-0.1, -0.05) is 30.3 Å². The Morgan fingerprint density at radius 3 is 2.56 bits per heavy atom. The molecule has 0 aromatic heterocycles. The van der Waals surface area contributed by atoms with Gasteiger partial charge in [0.05, 0.1) is 17.6 Å². The van der Waals surface area contributed by atoms with Gasteiger partial charge in [-0.25, -0.2) is 0 Å². The van der Waals surface area contributed by atoms with E-state index in [1.165, 1.54) is 6.08 Å². The predicted molar refractivity (Wildman–Crippen MR) is 60.3 cm³/mol. The summed E-state index contributed by atoms with van der Waals surface area (Å²) in [5.41, 5.74) is 0.746. The van der Waals surface area contributed by atoms with Gasteiger partial charge < -0.3 is 4.74 Å². The van der Waals surface area contributed by atoms with E-state index < -0.39 is 10.1 Å². The van der Waals surface area contributed by atoms with Crippen molar-refractivity contribution >= 4 is 16.2 Å². The van der Waals surface area contributed by atoms with Crippen LogP contribution in [0.4, 0.5) is 0 Å². The standard InChI is InChI=1S/C11H12O4S/c12-16(13,14)11(7-10-8-15-10)6-9-4-2-1-3-5-9/h1-6,10H,7-8H2,(H,12,13,14). The third-order valence-corrected chi connectivity index (χ3v) is 3.24. The molecule has 0 bridgehead atoms. The molecule has 0 saturated carbocycles. The zero-order valence-electron chi connectivity index (χ0n) is 8.54. The fourth-order valence-corrected chi connectivity index (χ4v) is 2.07. The number of ether oxygens (including phenoxy) is 1. The molecule has 1 heterocycles. The summed E-state index contributed by atoms with van der Waals surface area (Å²) in [4.78, 5) is 0.00111. The van der Waals surface area contributed by atoms with Crippen LogP contribution in [0.5, 0.6) is 0 Å². The largest absolute Gasteiger partial charge is 0.373 e. The van der Waals surface area contributed by atoms with E-state index in [1.807, 2.05) is 6.07 Å². The van der Waals surface area contributed by atoms with Gasteiger partial charge in [0.25, 0.3) is 10.1 Å². The van der Waals surface area contributed by atoms with Crippen molar-refractivity contribution in [1.82, 2.24) is 0 Å². The van der Waals surface area contributed by atoms with Crippen LogP contribution in [0.1, 0.15) is 12.0 Å². The van der Waals surface area contributed by atoms with Crippen LogP contribution >= 0.6 is 0 Å². The summed E-state index contributed by atoms with van der Waals surface area (Å²) in [6.45, 7) is 0.557.